The van der Waals surface area contributed by atoms with E-state index in [9.17, 15) is 4.79 Å². The van der Waals surface area contributed by atoms with Gasteiger partial charge in [-0.3, -0.25) is 4.79 Å². The smallest absolute Gasteiger partial charge is 0.259 e. The summed E-state index contributed by atoms with van der Waals surface area (Å²) in [6.07, 6.45) is 3.37. The standard InChI is InChI=1S/C16H14N6OS/c1-9-10(2)24-16(22-8-18-20-21-22)14(9)15(23)19-12-3-4-13-11(7-12)5-6-17-13/h3-8,17H,1-2H3,(H,19,23). The van der Waals surface area contributed by atoms with E-state index in [4.69, 9.17) is 0 Å². The Balaban J connectivity index is 1.71. The molecular formula is C16H14N6OS. The fraction of sp³-hybridized carbons (Fsp3) is 0.125. The Bertz CT molecular complexity index is 1030. The molecule has 0 atom stereocenters. The van der Waals surface area contributed by atoms with Gasteiger partial charge in [0.2, 0.25) is 0 Å². The molecule has 7 nitrogen and oxygen atoms in total. The van der Waals surface area contributed by atoms with Gasteiger partial charge < -0.3 is 10.3 Å². The Kier molecular flexibility index (Phi) is 3.39. The average Bonchev–Trinajstić information content (AvgIpc) is 3.28. The number of carbonyl (C=O) groups is 1. The van der Waals surface area contributed by atoms with E-state index in [0.29, 0.717) is 5.56 Å². The number of hydrogen-bond donors (Lipinski definition) is 2. The van der Waals surface area contributed by atoms with E-state index in [1.54, 1.807) is 0 Å². The normalized spacial score (nSPS) is 11.1. The molecule has 0 saturated heterocycles. The van der Waals surface area contributed by atoms with Crippen molar-refractivity contribution in [3.63, 3.8) is 0 Å². The first kappa shape index (κ1) is 14.6. The van der Waals surface area contributed by atoms with Gasteiger partial charge in [-0.2, -0.15) is 4.68 Å². The van der Waals surface area contributed by atoms with Gasteiger partial charge in [-0.1, -0.05) is 0 Å². The molecular weight excluding hydrogens is 324 g/mol. The number of nitrogens with one attached hydrogen (secondary N) is 2. The summed E-state index contributed by atoms with van der Waals surface area (Å²) >= 11 is 1.50. The number of nitrogens with zero attached hydrogens (tertiary/aromatic N) is 4. The highest BCUT2D eigenvalue weighted by molar-refractivity contribution is 7.15. The average molecular weight is 338 g/mol. The third-order valence-electron chi connectivity index (χ3n) is 3.96. The number of thiophene rings is 1. The molecule has 0 saturated carbocycles. The molecule has 1 aromatic carbocycles. The summed E-state index contributed by atoms with van der Waals surface area (Å²) in [6.45, 7) is 3.92. The number of aryl methyl sites for hydroxylation is 1. The molecule has 0 bridgehead atoms. The van der Waals surface area contributed by atoms with Gasteiger partial charge in [0.1, 0.15) is 11.3 Å². The van der Waals surface area contributed by atoms with Crippen molar-refractivity contribution >= 4 is 33.8 Å². The van der Waals surface area contributed by atoms with E-state index in [1.165, 1.54) is 22.3 Å². The minimum Gasteiger partial charge on any atom is -0.361 e. The molecule has 0 aliphatic heterocycles. The summed E-state index contributed by atoms with van der Waals surface area (Å²) in [5.41, 5.74) is 3.31. The van der Waals surface area contributed by atoms with Crippen molar-refractivity contribution in [2.45, 2.75) is 13.8 Å². The van der Waals surface area contributed by atoms with Crippen LogP contribution in [0.4, 0.5) is 5.69 Å². The lowest BCUT2D eigenvalue weighted by Crippen LogP contribution is -2.15. The number of carbonyl (C=O) groups excluding carboxylic acids is 1. The molecule has 0 aliphatic rings. The predicted molar refractivity (Wildman–Crippen MR) is 92.8 cm³/mol. The predicted octanol–water partition coefficient (Wildman–Crippen LogP) is 3.07. The van der Waals surface area contributed by atoms with Crippen LogP contribution in [0, 0.1) is 13.8 Å². The maximum Gasteiger partial charge on any atom is 0.259 e. The lowest BCUT2D eigenvalue weighted by Gasteiger charge is -2.07. The zero-order chi connectivity index (χ0) is 16.7. The largest absolute Gasteiger partial charge is 0.361 e. The van der Waals surface area contributed by atoms with Gasteiger partial charge in [0.05, 0.1) is 5.56 Å². The van der Waals surface area contributed by atoms with Crippen molar-refractivity contribution < 1.29 is 4.79 Å². The number of rotatable bonds is 3. The van der Waals surface area contributed by atoms with Crippen LogP contribution in [0.2, 0.25) is 0 Å². The van der Waals surface area contributed by atoms with Crippen LogP contribution in [0.3, 0.4) is 0 Å². The van der Waals surface area contributed by atoms with Crippen molar-refractivity contribution in [1.82, 2.24) is 25.2 Å². The van der Waals surface area contributed by atoms with Gasteiger partial charge >= 0.3 is 0 Å². The second-order valence-corrected chi connectivity index (χ2v) is 6.65. The van der Waals surface area contributed by atoms with Gasteiger partial charge in [-0.15, -0.1) is 16.4 Å². The SMILES string of the molecule is Cc1sc(-n2cnnn2)c(C(=O)Nc2ccc3[nH]ccc3c2)c1C. The van der Waals surface area contributed by atoms with Crippen molar-refractivity contribution in [3.05, 3.63) is 52.8 Å². The molecule has 0 unspecified atom stereocenters. The number of amides is 1. The van der Waals surface area contributed by atoms with Crippen molar-refractivity contribution in [3.8, 4) is 5.00 Å². The monoisotopic (exact) mass is 338 g/mol. The molecule has 0 aliphatic carbocycles. The van der Waals surface area contributed by atoms with Crippen LogP contribution < -0.4 is 5.32 Å². The third-order valence-corrected chi connectivity index (χ3v) is 5.16. The van der Waals surface area contributed by atoms with Crippen LogP contribution in [0.1, 0.15) is 20.8 Å². The number of anilines is 1. The molecule has 8 heteroatoms. The van der Waals surface area contributed by atoms with Gasteiger partial charge in [0, 0.05) is 27.7 Å². The second-order valence-electron chi connectivity index (χ2n) is 5.45. The van der Waals surface area contributed by atoms with Crippen molar-refractivity contribution in [2.75, 3.05) is 5.32 Å². The number of aromatic amines is 1. The van der Waals surface area contributed by atoms with E-state index in [1.807, 2.05) is 44.3 Å². The molecule has 4 rings (SSSR count). The fourth-order valence-electron chi connectivity index (χ4n) is 2.62. The third kappa shape index (κ3) is 2.37. The zero-order valence-electron chi connectivity index (χ0n) is 13.1. The molecule has 1 amide bonds. The first-order valence-electron chi connectivity index (χ1n) is 7.35. The molecule has 24 heavy (non-hydrogen) atoms. The Morgan fingerprint density at radius 3 is 2.96 bits per heavy atom. The van der Waals surface area contributed by atoms with Gasteiger partial charge in [0.25, 0.3) is 5.91 Å². The van der Waals surface area contributed by atoms with E-state index in [-0.39, 0.29) is 5.91 Å². The van der Waals surface area contributed by atoms with E-state index in [2.05, 4.69) is 25.8 Å². The Morgan fingerprint density at radius 2 is 2.17 bits per heavy atom. The van der Waals surface area contributed by atoms with Gasteiger partial charge in [0.15, 0.2) is 0 Å². The minimum atomic E-state index is -0.169. The summed E-state index contributed by atoms with van der Waals surface area (Å²) in [4.78, 5) is 17.0. The van der Waals surface area contributed by atoms with Crippen LogP contribution in [-0.4, -0.2) is 31.1 Å². The summed E-state index contributed by atoms with van der Waals surface area (Å²) in [6, 6.07) is 7.73. The number of benzene rings is 1. The molecule has 0 radical (unpaired) electrons. The molecule has 3 heterocycles. The lowest BCUT2D eigenvalue weighted by atomic mass is 10.1. The fourth-order valence-corrected chi connectivity index (χ4v) is 3.69. The zero-order valence-corrected chi connectivity index (χ0v) is 13.9. The minimum absolute atomic E-state index is 0.169. The van der Waals surface area contributed by atoms with E-state index >= 15 is 0 Å². The van der Waals surface area contributed by atoms with Crippen LogP contribution in [-0.2, 0) is 0 Å². The first-order valence-corrected chi connectivity index (χ1v) is 8.17. The van der Waals surface area contributed by atoms with Crippen molar-refractivity contribution in [1.29, 1.82) is 0 Å². The Morgan fingerprint density at radius 1 is 1.29 bits per heavy atom. The summed E-state index contributed by atoms with van der Waals surface area (Å²) in [5, 5.41) is 15.9. The number of fused-ring (bicyclic) bond motifs is 1. The topological polar surface area (TPSA) is 88.5 Å². The number of H-pyrrole nitrogens is 1. The van der Waals surface area contributed by atoms with Crippen LogP contribution in [0.5, 0.6) is 0 Å². The van der Waals surface area contributed by atoms with Gasteiger partial charge in [-0.05, 0) is 54.1 Å². The van der Waals surface area contributed by atoms with Crippen LogP contribution in [0.25, 0.3) is 15.9 Å². The highest BCUT2D eigenvalue weighted by atomic mass is 32.1. The highest BCUT2D eigenvalue weighted by Crippen LogP contribution is 2.31. The molecule has 0 fully saturated rings. The highest BCUT2D eigenvalue weighted by Gasteiger charge is 2.21. The number of hydrogen-bond acceptors (Lipinski definition) is 5. The first-order chi connectivity index (χ1) is 11.6. The molecule has 3 aromatic heterocycles. The van der Waals surface area contributed by atoms with Crippen LogP contribution >= 0.6 is 11.3 Å². The van der Waals surface area contributed by atoms with Gasteiger partial charge in [-0.25, -0.2) is 0 Å². The Hall–Kier alpha value is -3.00. The van der Waals surface area contributed by atoms with E-state index < -0.39 is 0 Å². The van der Waals surface area contributed by atoms with E-state index in [0.717, 1.165) is 32.0 Å². The molecule has 2 N–H and O–H groups in total. The number of aromatic nitrogens is 5. The maximum atomic E-state index is 12.8. The summed E-state index contributed by atoms with van der Waals surface area (Å²) in [5.74, 6) is -0.169. The quantitative estimate of drug-likeness (QED) is 0.601. The van der Waals surface area contributed by atoms with Crippen LogP contribution in [0.15, 0.2) is 36.8 Å². The second kappa shape index (κ2) is 5.57. The maximum absolute atomic E-state index is 12.8. The molecule has 120 valence electrons. The number of tetrazole rings is 1. The lowest BCUT2D eigenvalue weighted by molar-refractivity contribution is 0.102. The molecule has 4 aromatic rings. The summed E-state index contributed by atoms with van der Waals surface area (Å²) in [7, 11) is 0. The molecule has 0 spiro atoms. The summed E-state index contributed by atoms with van der Waals surface area (Å²) < 4.78 is 1.52. The van der Waals surface area contributed by atoms with Crippen molar-refractivity contribution in [2.24, 2.45) is 0 Å². The Labute approximate surface area is 141 Å².